The van der Waals surface area contributed by atoms with Gasteiger partial charge in [-0.25, -0.2) is 0 Å². The summed E-state index contributed by atoms with van der Waals surface area (Å²) < 4.78 is 0. The van der Waals surface area contributed by atoms with Crippen LogP contribution in [0.25, 0.3) is 0 Å². The number of aliphatic hydroxyl groups is 1. The lowest BCUT2D eigenvalue weighted by Crippen LogP contribution is -2.50. The minimum absolute atomic E-state index is 0.0152. The summed E-state index contributed by atoms with van der Waals surface area (Å²) in [6, 6.07) is 7.47. The van der Waals surface area contributed by atoms with Gasteiger partial charge in [-0.05, 0) is 25.5 Å². The minimum atomic E-state index is -0.304. The number of aliphatic hydroxyl groups excluding tert-OH is 1. The first kappa shape index (κ1) is 18.2. The molecule has 1 aromatic rings. The Bertz CT molecular complexity index is 516. The van der Waals surface area contributed by atoms with E-state index in [1.54, 1.807) is 6.92 Å². The Morgan fingerprint density at radius 2 is 1.83 bits per heavy atom. The van der Waals surface area contributed by atoms with Crippen molar-refractivity contribution in [3.63, 3.8) is 0 Å². The molecule has 2 N–H and O–H groups in total. The van der Waals surface area contributed by atoms with Crippen molar-refractivity contribution in [1.82, 2.24) is 15.1 Å². The van der Waals surface area contributed by atoms with Crippen LogP contribution in [0.5, 0.6) is 0 Å². The van der Waals surface area contributed by atoms with Crippen molar-refractivity contribution in [2.75, 3.05) is 39.3 Å². The fourth-order valence-electron chi connectivity index (χ4n) is 2.90. The number of hydrogen-bond acceptors (Lipinski definition) is 4. The summed E-state index contributed by atoms with van der Waals surface area (Å²) in [5.41, 5.74) is 0.935. The highest BCUT2D eigenvalue weighted by atomic mass is 35.5. The molecule has 0 aromatic heterocycles. The molecule has 1 amide bonds. The van der Waals surface area contributed by atoms with Crippen LogP contribution in [0.1, 0.15) is 25.5 Å². The third-order valence-corrected chi connectivity index (χ3v) is 4.45. The highest BCUT2D eigenvalue weighted by molar-refractivity contribution is 6.31. The fraction of sp³-hybridized carbons (Fsp3) is 0.588. The van der Waals surface area contributed by atoms with Gasteiger partial charge in [0.05, 0.1) is 18.7 Å². The van der Waals surface area contributed by atoms with Crippen LogP contribution >= 0.6 is 11.6 Å². The number of nitrogens with zero attached hydrogens (tertiary/aromatic N) is 2. The van der Waals surface area contributed by atoms with Crippen LogP contribution in [-0.4, -0.2) is 66.2 Å². The number of piperazine rings is 1. The first-order valence-electron chi connectivity index (χ1n) is 8.12. The van der Waals surface area contributed by atoms with Gasteiger partial charge < -0.3 is 10.4 Å². The zero-order chi connectivity index (χ0) is 16.8. The van der Waals surface area contributed by atoms with E-state index in [-0.39, 0.29) is 18.1 Å². The van der Waals surface area contributed by atoms with Crippen molar-refractivity contribution in [3.05, 3.63) is 34.9 Å². The molecule has 0 spiro atoms. The number of amides is 1. The lowest BCUT2D eigenvalue weighted by Gasteiger charge is -2.35. The molecule has 0 bridgehead atoms. The van der Waals surface area contributed by atoms with Crippen molar-refractivity contribution in [1.29, 1.82) is 0 Å². The Morgan fingerprint density at radius 1 is 1.22 bits per heavy atom. The van der Waals surface area contributed by atoms with Crippen LogP contribution < -0.4 is 5.32 Å². The fourth-order valence-corrected chi connectivity index (χ4v) is 3.20. The molecule has 23 heavy (non-hydrogen) atoms. The first-order chi connectivity index (χ1) is 11.0. The maximum Gasteiger partial charge on any atom is 0.234 e. The number of halogens is 1. The molecule has 0 unspecified atom stereocenters. The number of nitrogens with one attached hydrogen (secondary N) is 1. The molecule has 128 valence electrons. The van der Waals surface area contributed by atoms with Crippen molar-refractivity contribution >= 4 is 17.5 Å². The van der Waals surface area contributed by atoms with Crippen molar-refractivity contribution in [3.8, 4) is 0 Å². The number of carbonyl (C=O) groups excluding carboxylic acids is 1. The molecule has 0 aliphatic carbocycles. The summed E-state index contributed by atoms with van der Waals surface area (Å²) >= 11 is 6.16. The molecule has 1 aliphatic rings. The summed E-state index contributed by atoms with van der Waals surface area (Å²) in [4.78, 5) is 16.6. The van der Waals surface area contributed by atoms with E-state index in [2.05, 4.69) is 15.1 Å². The lowest BCUT2D eigenvalue weighted by molar-refractivity contribution is -0.123. The van der Waals surface area contributed by atoms with Crippen LogP contribution in [0.15, 0.2) is 24.3 Å². The maximum atomic E-state index is 12.2. The van der Waals surface area contributed by atoms with E-state index in [1.165, 1.54) is 0 Å². The molecule has 1 fully saturated rings. The third-order valence-electron chi connectivity index (χ3n) is 4.10. The van der Waals surface area contributed by atoms with Gasteiger partial charge >= 0.3 is 0 Å². The standard InChI is InChI=1S/C17H26ClN3O2/c1-13(22)11-20-7-9-21(10-8-20)12-17(23)19-14(2)15-5-3-4-6-16(15)18/h3-6,13-14,22H,7-12H2,1-2H3,(H,19,23)/t13-,14-/m1/s1. The Kier molecular flexibility index (Phi) is 6.84. The van der Waals surface area contributed by atoms with Gasteiger partial charge in [-0.1, -0.05) is 29.8 Å². The molecule has 1 aliphatic heterocycles. The second kappa shape index (κ2) is 8.64. The van der Waals surface area contributed by atoms with E-state index in [4.69, 9.17) is 11.6 Å². The van der Waals surface area contributed by atoms with Gasteiger partial charge in [0.15, 0.2) is 0 Å². The highest BCUT2D eigenvalue weighted by Crippen LogP contribution is 2.21. The molecule has 2 rings (SSSR count). The summed E-state index contributed by atoms with van der Waals surface area (Å²) in [6.45, 7) is 8.31. The van der Waals surface area contributed by atoms with E-state index < -0.39 is 0 Å². The molecular weight excluding hydrogens is 314 g/mol. The number of carbonyl (C=O) groups is 1. The Morgan fingerprint density at radius 3 is 2.43 bits per heavy atom. The predicted octanol–water partition coefficient (Wildman–Crippen LogP) is 1.52. The van der Waals surface area contributed by atoms with Gasteiger partial charge in [0, 0.05) is 37.7 Å². The smallest absolute Gasteiger partial charge is 0.234 e. The van der Waals surface area contributed by atoms with Gasteiger partial charge in [0.1, 0.15) is 0 Å². The summed E-state index contributed by atoms with van der Waals surface area (Å²) in [7, 11) is 0. The topological polar surface area (TPSA) is 55.8 Å². The van der Waals surface area contributed by atoms with E-state index in [0.717, 1.165) is 31.7 Å². The average molecular weight is 340 g/mol. The van der Waals surface area contributed by atoms with E-state index in [0.29, 0.717) is 18.1 Å². The van der Waals surface area contributed by atoms with Crippen LogP contribution in [0.2, 0.25) is 5.02 Å². The van der Waals surface area contributed by atoms with Crippen LogP contribution in [-0.2, 0) is 4.79 Å². The summed E-state index contributed by atoms with van der Waals surface area (Å²) in [5, 5.41) is 13.1. The number of rotatable bonds is 6. The molecule has 1 heterocycles. The Balaban J connectivity index is 1.76. The molecule has 1 aromatic carbocycles. The molecule has 6 heteroatoms. The van der Waals surface area contributed by atoms with Gasteiger partial charge in [-0.15, -0.1) is 0 Å². The van der Waals surface area contributed by atoms with Crippen LogP contribution in [0, 0.1) is 0 Å². The summed E-state index contributed by atoms with van der Waals surface area (Å²) in [5.74, 6) is 0.0152. The maximum absolute atomic E-state index is 12.2. The molecular formula is C17H26ClN3O2. The monoisotopic (exact) mass is 339 g/mol. The quantitative estimate of drug-likeness (QED) is 0.825. The minimum Gasteiger partial charge on any atom is -0.392 e. The molecule has 2 atom stereocenters. The van der Waals surface area contributed by atoms with Crippen molar-refractivity contribution < 1.29 is 9.90 Å². The Labute approximate surface area is 143 Å². The number of β-amino-alcohol motifs (C(OH)–C–C–N with tert-alkyl or cyclic N) is 1. The SMILES string of the molecule is C[C@@H](O)CN1CCN(CC(=O)N[C@H](C)c2ccccc2Cl)CC1. The van der Waals surface area contributed by atoms with E-state index in [1.807, 2.05) is 31.2 Å². The zero-order valence-corrected chi connectivity index (χ0v) is 14.6. The van der Waals surface area contributed by atoms with Crippen LogP contribution in [0.4, 0.5) is 0 Å². The van der Waals surface area contributed by atoms with Gasteiger partial charge in [-0.2, -0.15) is 0 Å². The largest absolute Gasteiger partial charge is 0.392 e. The Hall–Kier alpha value is -1.14. The molecule has 0 saturated carbocycles. The van der Waals surface area contributed by atoms with Crippen molar-refractivity contribution in [2.24, 2.45) is 0 Å². The third kappa shape index (κ3) is 5.77. The number of benzene rings is 1. The average Bonchev–Trinajstić information content (AvgIpc) is 2.49. The van der Waals surface area contributed by atoms with Crippen molar-refractivity contribution in [2.45, 2.75) is 26.0 Å². The first-order valence-corrected chi connectivity index (χ1v) is 8.50. The highest BCUT2D eigenvalue weighted by Gasteiger charge is 2.20. The second-order valence-electron chi connectivity index (χ2n) is 6.24. The zero-order valence-electron chi connectivity index (χ0n) is 13.8. The van der Waals surface area contributed by atoms with E-state index in [9.17, 15) is 9.90 Å². The molecule has 1 saturated heterocycles. The van der Waals surface area contributed by atoms with Crippen LogP contribution in [0.3, 0.4) is 0 Å². The summed E-state index contributed by atoms with van der Waals surface area (Å²) in [6.07, 6.45) is -0.304. The van der Waals surface area contributed by atoms with Gasteiger partial charge in [0.25, 0.3) is 0 Å². The van der Waals surface area contributed by atoms with E-state index >= 15 is 0 Å². The normalized spacial score (nSPS) is 19.3. The predicted molar refractivity (Wildman–Crippen MR) is 92.6 cm³/mol. The van der Waals surface area contributed by atoms with Gasteiger partial charge in [0.2, 0.25) is 5.91 Å². The second-order valence-corrected chi connectivity index (χ2v) is 6.64. The molecule has 5 nitrogen and oxygen atoms in total. The lowest BCUT2D eigenvalue weighted by atomic mass is 10.1. The number of hydrogen-bond donors (Lipinski definition) is 2. The molecule has 0 radical (unpaired) electrons. The van der Waals surface area contributed by atoms with Gasteiger partial charge in [-0.3, -0.25) is 14.6 Å².